The molecule has 218 valence electrons. The number of rotatable bonds is 10. The van der Waals surface area contributed by atoms with Gasteiger partial charge in [0.2, 0.25) is 0 Å². The highest BCUT2D eigenvalue weighted by molar-refractivity contribution is 6.37. The molecule has 0 saturated heterocycles. The van der Waals surface area contributed by atoms with Crippen LogP contribution in [0.2, 0.25) is 10.0 Å². The van der Waals surface area contributed by atoms with E-state index in [-0.39, 0.29) is 51.2 Å². The van der Waals surface area contributed by atoms with E-state index in [4.69, 9.17) is 32.7 Å². The first-order valence-corrected chi connectivity index (χ1v) is 13.3. The summed E-state index contributed by atoms with van der Waals surface area (Å²) in [5, 5.41) is 18.0. The van der Waals surface area contributed by atoms with Crippen molar-refractivity contribution in [1.82, 2.24) is 5.43 Å². The first-order valence-electron chi connectivity index (χ1n) is 12.6. The van der Waals surface area contributed by atoms with Crippen LogP contribution >= 0.6 is 23.2 Å². The maximum absolute atomic E-state index is 12.9. The molecule has 0 heterocycles. The van der Waals surface area contributed by atoms with Gasteiger partial charge in [0, 0.05) is 17.2 Å². The smallest absolute Gasteiger partial charge is 0.343 e. The second-order valence-electron chi connectivity index (χ2n) is 8.66. The minimum absolute atomic E-state index is 0.120. The number of carbonyl (C=O) groups is 3. The van der Waals surface area contributed by atoms with E-state index < -0.39 is 22.7 Å². The van der Waals surface area contributed by atoms with Crippen molar-refractivity contribution in [3.8, 4) is 11.5 Å². The van der Waals surface area contributed by atoms with Crippen LogP contribution < -0.4 is 20.2 Å². The van der Waals surface area contributed by atoms with Crippen LogP contribution in [0, 0.1) is 10.1 Å². The van der Waals surface area contributed by atoms with Crippen LogP contribution in [-0.2, 0) is 0 Å². The van der Waals surface area contributed by atoms with Gasteiger partial charge in [0.15, 0.2) is 11.5 Å². The van der Waals surface area contributed by atoms with Crippen LogP contribution in [0.4, 0.5) is 11.4 Å². The maximum Gasteiger partial charge on any atom is 0.343 e. The zero-order valence-corrected chi connectivity index (χ0v) is 23.9. The van der Waals surface area contributed by atoms with Gasteiger partial charge in [-0.15, -0.1) is 0 Å². The lowest BCUT2D eigenvalue weighted by molar-refractivity contribution is -0.384. The minimum Gasteiger partial charge on any atom is -0.490 e. The molecule has 0 unspecified atom stereocenters. The van der Waals surface area contributed by atoms with E-state index in [1.807, 2.05) is 0 Å². The fourth-order valence-corrected chi connectivity index (χ4v) is 4.21. The fourth-order valence-electron chi connectivity index (χ4n) is 3.71. The van der Waals surface area contributed by atoms with Gasteiger partial charge in [-0.2, -0.15) is 5.10 Å². The SMILES string of the molecule is CCOc1cc(/C=N\NC(=O)c2ccccc2NC(=O)c2ccc(Cl)cc2Cl)ccc1OC(=O)c1ccc([N+](=O)[O-])cc1. The molecule has 0 bridgehead atoms. The Morgan fingerprint density at radius 1 is 0.907 bits per heavy atom. The normalized spacial score (nSPS) is 10.7. The number of hydrazone groups is 1. The maximum atomic E-state index is 12.9. The van der Waals surface area contributed by atoms with E-state index in [0.717, 1.165) is 0 Å². The summed E-state index contributed by atoms with van der Waals surface area (Å²) in [4.78, 5) is 48.5. The predicted molar refractivity (Wildman–Crippen MR) is 162 cm³/mol. The summed E-state index contributed by atoms with van der Waals surface area (Å²) < 4.78 is 11.0. The number of ether oxygens (including phenoxy) is 2. The number of nitro benzene ring substituents is 1. The van der Waals surface area contributed by atoms with Crippen molar-refractivity contribution in [1.29, 1.82) is 0 Å². The van der Waals surface area contributed by atoms with E-state index in [9.17, 15) is 24.5 Å². The van der Waals surface area contributed by atoms with Gasteiger partial charge in [-0.1, -0.05) is 35.3 Å². The zero-order chi connectivity index (χ0) is 30.9. The molecular formula is C30H22Cl2N4O7. The van der Waals surface area contributed by atoms with Crippen molar-refractivity contribution in [2.24, 2.45) is 5.10 Å². The topological polar surface area (TPSA) is 149 Å². The summed E-state index contributed by atoms with van der Waals surface area (Å²) in [5.41, 5.74) is 3.47. The average molecular weight is 621 g/mol. The number of nitrogens with one attached hydrogen (secondary N) is 2. The lowest BCUT2D eigenvalue weighted by Crippen LogP contribution is -2.21. The number of esters is 1. The van der Waals surface area contributed by atoms with Crippen molar-refractivity contribution in [2.45, 2.75) is 6.92 Å². The summed E-state index contributed by atoms with van der Waals surface area (Å²) in [6, 6.07) is 20.4. The van der Waals surface area contributed by atoms with Gasteiger partial charge in [0.1, 0.15) is 0 Å². The largest absolute Gasteiger partial charge is 0.490 e. The van der Waals surface area contributed by atoms with Gasteiger partial charge >= 0.3 is 5.97 Å². The third-order valence-electron chi connectivity index (χ3n) is 5.76. The molecular weight excluding hydrogens is 599 g/mol. The quantitative estimate of drug-likeness (QED) is 0.0672. The molecule has 0 aliphatic heterocycles. The second-order valence-corrected chi connectivity index (χ2v) is 9.50. The molecule has 0 spiro atoms. The summed E-state index contributed by atoms with van der Waals surface area (Å²) in [5.74, 6) is -1.48. The van der Waals surface area contributed by atoms with Gasteiger partial charge in [0.05, 0.1) is 45.1 Å². The Morgan fingerprint density at radius 3 is 2.35 bits per heavy atom. The number of hydrogen-bond donors (Lipinski definition) is 2. The molecule has 4 rings (SSSR count). The lowest BCUT2D eigenvalue weighted by Gasteiger charge is -2.12. The van der Waals surface area contributed by atoms with Crippen molar-refractivity contribution < 1.29 is 28.8 Å². The standard InChI is InChI=1S/C30H22Cl2N4O7/c1-2-42-27-15-18(7-14-26(27)43-30(39)19-8-11-21(12-9-19)36(40)41)17-33-35-29(38)23-5-3-4-6-25(23)34-28(37)22-13-10-20(31)16-24(22)32/h3-17H,2H2,1H3,(H,34,37)(H,35,38)/b33-17-. The molecule has 0 saturated carbocycles. The van der Waals surface area contributed by atoms with Gasteiger partial charge < -0.3 is 14.8 Å². The Balaban J connectivity index is 1.44. The van der Waals surface area contributed by atoms with E-state index in [1.54, 1.807) is 37.3 Å². The molecule has 0 aliphatic rings. The number of para-hydroxylation sites is 1. The van der Waals surface area contributed by atoms with E-state index >= 15 is 0 Å². The van der Waals surface area contributed by atoms with Crippen LogP contribution in [-0.4, -0.2) is 35.5 Å². The van der Waals surface area contributed by atoms with Crippen LogP contribution in [0.1, 0.15) is 43.6 Å². The van der Waals surface area contributed by atoms with Crippen molar-refractivity contribution in [2.75, 3.05) is 11.9 Å². The van der Waals surface area contributed by atoms with Crippen LogP contribution in [0.3, 0.4) is 0 Å². The summed E-state index contributed by atoms with van der Waals surface area (Å²) in [6.45, 7) is 2.02. The summed E-state index contributed by atoms with van der Waals surface area (Å²) in [7, 11) is 0. The molecule has 0 radical (unpaired) electrons. The monoisotopic (exact) mass is 620 g/mol. The molecule has 2 amide bonds. The van der Waals surface area contributed by atoms with Crippen LogP contribution in [0.25, 0.3) is 0 Å². The highest BCUT2D eigenvalue weighted by Crippen LogP contribution is 2.29. The predicted octanol–water partition coefficient (Wildman–Crippen LogP) is 6.54. The number of nitro groups is 1. The first kappa shape index (κ1) is 30.7. The summed E-state index contributed by atoms with van der Waals surface area (Å²) in [6.07, 6.45) is 1.36. The molecule has 0 fully saturated rings. The second kappa shape index (κ2) is 14.1. The Bertz CT molecular complexity index is 1730. The van der Waals surface area contributed by atoms with Crippen LogP contribution in [0.15, 0.2) is 90.0 Å². The van der Waals surface area contributed by atoms with E-state index in [2.05, 4.69) is 15.8 Å². The molecule has 2 N–H and O–H groups in total. The Labute approximate surface area is 255 Å². The van der Waals surface area contributed by atoms with E-state index in [0.29, 0.717) is 10.6 Å². The number of benzene rings is 4. The Kier molecular flexibility index (Phi) is 10.0. The molecule has 0 atom stereocenters. The number of amides is 2. The molecule has 13 heteroatoms. The Hall–Kier alpha value is -5.26. The molecule has 0 aliphatic carbocycles. The summed E-state index contributed by atoms with van der Waals surface area (Å²) >= 11 is 12.0. The number of nitrogens with zero attached hydrogens (tertiary/aromatic N) is 2. The molecule has 4 aromatic rings. The number of non-ortho nitro benzene ring substituents is 1. The number of hydrogen-bond acceptors (Lipinski definition) is 8. The molecule has 4 aromatic carbocycles. The van der Waals surface area contributed by atoms with Gasteiger partial charge in [0.25, 0.3) is 17.5 Å². The Morgan fingerprint density at radius 2 is 1.65 bits per heavy atom. The average Bonchev–Trinajstić information content (AvgIpc) is 2.98. The third-order valence-corrected chi connectivity index (χ3v) is 6.31. The lowest BCUT2D eigenvalue weighted by atomic mass is 10.1. The third kappa shape index (κ3) is 7.94. The van der Waals surface area contributed by atoms with Gasteiger partial charge in [-0.3, -0.25) is 19.7 Å². The fraction of sp³-hybridized carbons (Fsp3) is 0.0667. The molecule has 11 nitrogen and oxygen atoms in total. The van der Waals surface area contributed by atoms with Crippen molar-refractivity contribution >= 4 is 58.6 Å². The minimum atomic E-state index is -0.728. The van der Waals surface area contributed by atoms with Crippen molar-refractivity contribution in [3.05, 3.63) is 127 Å². The zero-order valence-electron chi connectivity index (χ0n) is 22.4. The first-order chi connectivity index (χ1) is 20.7. The van der Waals surface area contributed by atoms with Gasteiger partial charge in [-0.05, 0) is 73.2 Å². The highest BCUT2D eigenvalue weighted by Gasteiger charge is 2.17. The highest BCUT2D eigenvalue weighted by atomic mass is 35.5. The number of carbonyl (C=O) groups excluding carboxylic acids is 3. The van der Waals surface area contributed by atoms with E-state index in [1.165, 1.54) is 60.8 Å². The molecule has 43 heavy (non-hydrogen) atoms. The van der Waals surface area contributed by atoms with Crippen molar-refractivity contribution in [3.63, 3.8) is 0 Å². The molecule has 0 aromatic heterocycles. The number of halogens is 2. The van der Waals surface area contributed by atoms with Crippen LogP contribution in [0.5, 0.6) is 11.5 Å². The number of anilines is 1. The van der Waals surface area contributed by atoms with Gasteiger partial charge in [-0.25, -0.2) is 10.2 Å².